The molecule has 2 aromatic carbocycles. The van der Waals surface area contributed by atoms with E-state index in [9.17, 15) is 9.18 Å². The Kier molecular flexibility index (Phi) is 4.33. The van der Waals surface area contributed by atoms with Crippen molar-refractivity contribution in [1.29, 1.82) is 0 Å². The fourth-order valence-electron chi connectivity index (χ4n) is 2.67. The summed E-state index contributed by atoms with van der Waals surface area (Å²) in [5.41, 5.74) is 2.05. The maximum Gasteiger partial charge on any atom is 0.289 e. The van der Waals surface area contributed by atoms with Crippen LogP contribution >= 0.6 is 0 Å². The van der Waals surface area contributed by atoms with Crippen molar-refractivity contribution in [3.05, 3.63) is 78.4 Å². The van der Waals surface area contributed by atoms with Crippen LogP contribution in [0.2, 0.25) is 0 Å². The molecular formula is C19H18FN2O+. The van der Waals surface area contributed by atoms with Crippen molar-refractivity contribution in [1.82, 2.24) is 4.57 Å². The van der Waals surface area contributed by atoms with Gasteiger partial charge < -0.3 is 0 Å². The van der Waals surface area contributed by atoms with Gasteiger partial charge in [0.1, 0.15) is 31.3 Å². The minimum atomic E-state index is -0.240. The van der Waals surface area contributed by atoms with Crippen LogP contribution in [0.5, 0.6) is 0 Å². The molecule has 0 saturated heterocycles. The zero-order valence-electron chi connectivity index (χ0n) is 12.9. The summed E-state index contributed by atoms with van der Waals surface area (Å²) < 4.78 is 17.1. The second-order valence-corrected chi connectivity index (χ2v) is 5.57. The largest absolute Gasteiger partial charge is 0.296 e. The average molecular weight is 309 g/mol. The highest BCUT2D eigenvalue weighted by Gasteiger charge is 2.20. The van der Waals surface area contributed by atoms with Crippen LogP contribution in [0.15, 0.2) is 67.0 Å². The SMILES string of the molecule is CC(=O)Cn1cc[n+](Cc2ccc(F)cc2)c1-c1ccccc1. The van der Waals surface area contributed by atoms with Gasteiger partial charge in [0.25, 0.3) is 5.82 Å². The van der Waals surface area contributed by atoms with Gasteiger partial charge in [-0.1, -0.05) is 30.3 Å². The minimum absolute atomic E-state index is 0.103. The van der Waals surface area contributed by atoms with Crippen LogP contribution in [-0.2, 0) is 17.9 Å². The normalized spacial score (nSPS) is 10.7. The highest BCUT2D eigenvalue weighted by atomic mass is 19.1. The van der Waals surface area contributed by atoms with Crippen LogP contribution < -0.4 is 4.57 Å². The van der Waals surface area contributed by atoms with E-state index < -0.39 is 0 Å². The first kappa shape index (κ1) is 15.2. The van der Waals surface area contributed by atoms with Gasteiger partial charge in [-0.15, -0.1) is 0 Å². The second-order valence-electron chi connectivity index (χ2n) is 5.57. The molecule has 0 unspecified atom stereocenters. The first-order chi connectivity index (χ1) is 11.1. The molecule has 116 valence electrons. The van der Waals surface area contributed by atoms with Crippen LogP contribution in [-0.4, -0.2) is 10.4 Å². The predicted molar refractivity (Wildman–Crippen MR) is 86.2 cm³/mol. The van der Waals surface area contributed by atoms with Crippen molar-refractivity contribution in [2.45, 2.75) is 20.0 Å². The molecule has 0 atom stereocenters. The van der Waals surface area contributed by atoms with Crippen LogP contribution in [0.3, 0.4) is 0 Å². The van der Waals surface area contributed by atoms with Gasteiger partial charge in [0, 0.05) is 0 Å². The maximum atomic E-state index is 13.1. The van der Waals surface area contributed by atoms with E-state index in [0.717, 1.165) is 17.0 Å². The molecule has 3 rings (SSSR count). The number of hydrogen-bond donors (Lipinski definition) is 0. The molecule has 23 heavy (non-hydrogen) atoms. The van der Waals surface area contributed by atoms with Gasteiger partial charge in [-0.3, -0.25) is 4.79 Å². The van der Waals surface area contributed by atoms with Gasteiger partial charge in [0.15, 0.2) is 5.78 Å². The summed E-state index contributed by atoms with van der Waals surface area (Å²) in [6, 6.07) is 16.4. The molecule has 4 heteroatoms. The highest BCUT2D eigenvalue weighted by Crippen LogP contribution is 2.16. The lowest BCUT2D eigenvalue weighted by Gasteiger charge is -2.05. The molecule has 3 nitrogen and oxygen atoms in total. The second kappa shape index (κ2) is 6.57. The topological polar surface area (TPSA) is 25.9 Å². The smallest absolute Gasteiger partial charge is 0.289 e. The number of benzene rings is 2. The lowest BCUT2D eigenvalue weighted by atomic mass is 10.2. The molecule has 0 amide bonds. The third-order valence-electron chi connectivity index (χ3n) is 3.66. The summed E-state index contributed by atoms with van der Waals surface area (Å²) in [6.07, 6.45) is 3.86. The standard InChI is InChI=1S/C19H18FN2O/c1-15(23)13-21-11-12-22(14-16-7-9-18(20)10-8-16)19(21)17-5-3-2-4-6-17/h2-12H,13-14H2,1H3/q+1. The molecule has 3 aromatic rings. The van der Waals surface area contributed by atoms with E-state index in [1.807, 2.05) is 47.3 Å². The summed E-state index contributed by atoms with van der Waals surface area (Å²) in [6.45, 7) is 2.54. The molecule has 1 heterocycles. The van der Waals surface area contributed by atoms with E-state index in [-0.39, 0.29) is 11.6 Å². The van der Waals surface area contributed by atoms with E-state index in [1.165, 1.54) is 12.1 Å². The Bertz CT molecular complexity index is 807. The lowest BCUT2D eigenvalue weighted by Crippen LogP contribution is -2.35. The van der Waals surface area contributed by atoms with Crippen molar-refractivity contribution in [2.75, 3.05) is 0 Å². The van der Waals surface area contributed by atoms with E-state index >= 15 is 0 Å². The lowest BCUT2D eigenvalue weighted by molar-refractivity contribution is -0.676. The molecular weight excluding hydrogens is 291 g/mol. The van der Waals surface area contributed by atoms with Crippen molar-refractivity contribution < 1.29 is 13.8 Å². The van der Waals surface area contributed by atoms with Crippen LogP contribution in [0.25, 0.3) is 11.4 Å². The van der Waals surface area contributed by atoms with E-state index in [2.05, 4.69) is 4.57 Å². The molecule has 0 aliphatic carbocycles. The number of aromatic nitrogens is 2. The van der Waals surface area contributed by atoms with Gasteiger partial charge in [-0.25, -0.2) is 13.5 Å². The van der Waals surface area contributed by atoms with E-state index in [0.29, 0.717) is 13.1 Å². The number of rotatable bonds is 5. The number of ketones is 1. The third-order valence-corrected chi connectivity index (χ3v) is 3.66. The van der Waals surface area contributed by atoms with Crippen molar-refractivity contribution in [3.63, 3.8) is 0 Å². The van der Waals surface area contributed by atoms with Gasteiger partial charge in [0.05, 0.1) is 5.56 Å². The third kappa shape index (κ3) is 3.54. The first-order valence-corrected chi connectivity index (χ1v) is 7.51. The number of Topliss-reactive ketones (excluding diaryl/α,β-unsaturated/α-hetero) is 1. The van der Waals surface area contributed by atoms with Gasteiger partial charge in [-0.05, 0) is 36.8 Å². The molecule has 0 aliphatic rings. The molecule has 0 bridgehead atoms. The van der Waals surface area contributed by atoms with Crippen LogP contribution in [0.1, 0.15) is 12.5 Å². The van der Waals surface area contributed by atoms with Crippen LogP contribution in [0.4, 0.5) is 4.39 Å². The summed E-state index contributed by atoms with van der Waals surface area (Å²) in [4.78, 5) is 11.5. The number of imidazole rings is 1. The Balaban J connectivity index is 2.01. The summed E-state index contributed by atoms with van der Waals surface area (Å²) in [5, 5.41) is 0. The van der Waals surface area contributed by atoms with Crippen molar-refractivity contribution in [3.8, 4) is 11.4 Å². The summed E-state index contributed by atoms with van der Waals surface area (Å²) in [5.74, 6) is 0.827. The summed E-state index contributed by atoms with van der Waals surface area (Å²) >= 11 is 0. The van der Waals surface area contributed by atoms with Gasteiger partial charge in [0.2, 0.25) is 0 Å². The van der Waals surface area contributed by atoms with Crippen molar-refractivity contribution >= 4 is 5.78 Å². The maximum absolute atomic E-state index is 13.1. The number of nitrogens with zero attached hydrogens (tertiary/aromatic N) is 2. The highest BCUT2D eigenvalue weighted by molar-refractivity contribution is 5.75. The monoisotopic (exact) mass is 309 g/mol. The van der Waals surface area contributed by atoms with Gasteiger partial charge >= 0.3 is 0 Å². The quantitative estimate of drug-likeness (QED) is 0.665. The summed E-state index contributed by atoms with van der Waals surface area (Å²) in [7, 11) is 0. The number of hydrogen-bond acceptors (Lipinski definition) is 1. The Hall–Kier alpha value is -2.75. The van der Waals surface area contributed by atoms with Crippen LogP contribution in [0, 0.1) is 5.82 Å². The molecule has 0 spiro atoms. The number of halogens is 1. The molecule has 0 N–H and O–H groups in total. The Labute approximate surface area is 134 Å². The number of carbonyl (C=O) groups excluding carboxylic acids is 1. The molecule has 0 aliphatic heterocycles. The fraction of sp³-hybridized carbons (Fsp3) is 0.158. The molecule has 0 radical (unpaired) electrons. The zero-order valence-corrected chi connectivity index (χ0v) is 12.9. The Morgan fingerprint density at radius 3 is 2.43 bits per heavy atom. The zero-order chi connectivity index (χ0) is 16.2. The van der Waals surface area contributed by atoms with E-state index in [1.54, 1.807) is 19.1 Å². The average Bonchev–Trinajstić information content (AvgIpc) is 2.92. The minimum Gasteiger partial charge on any atom is -0.296 e. The molecule has 1 aromatic heterocycles. The molecule has 0 saturated carbocycles. The number of carbonyl (C=O) groups is 1. The van der Waals surface area contributed by atoms with Gasteiger partial charge in [-0.2, -0.15) is 0 Å². The molecule has 0 fully saturated rings. The Morgan fingerprint density at radius 1 is 1.09 bits per heavy atom. The fourth-order valence-corrected chi connectivity index (χ4v) is 2.67. The predicted octanol–water partition coefficient (Wildman–Crippen LogP) is 3.22. The van der Waals surface area contributed by atoms with Crippen molar-refractivity contribution in [2.24, 2.45) is 0 Å². The Morgan fingerprint density at radius 2 is 1.78 bits per heavy atom. The van der Waals surface area contributed by atoms with E-state index in [4.69, 9.17) is 0 Å². The first-order valence-electron chi connectivity index (χ1n) is 7.51.